The molecular weight excluding hydrogens is 393 g/mol. The maximum atomic E-state index is 14.1. The second kappa shape index (κ2) is 6.97. The zero-order valence-electron chi connectivity index (χ0n) is 10.4. The first-order chi connectivity index (χ1) is 9.13. The first kappa shape index (κ1) is 15.2. The Morgan fingerprint density at radius 3 is 2.63 bits per heavy atom. The molecule has 1 aromatic heterocycles. The van der Waals surface area contributed by atoms with Gasteiger partial charge >= 0.3 is 0 Å². The van der Waals surface area contributed by atoms with Crippen molar-refractivity contribution in [3.63, 3.8) is 0 Å². The lowest BCUT2D eigenvalue weighted by Gasteiger charge is -2.19. The molecule has 0 spiro atoms. The summed E-state index contributed by atoms with van der Waals surface area (Å²) in [6, 6.07) is 9.00. The van der Waals surface area contributed by atoms with Crippen LogP contribution in [0, 0.1) is 5.82 Å². The van der Waals surface area contributed by atoms with Crippen LogP contribution in [-0.4, -0.2) is 6.54 Å². The van der Waals surface area contributed by atoms with E-state index < -0.39 is 0 Å². The fourth-order valence-electron chi connectivity index (χ4n) is 1.90. The minimum absolute atomic E-state index is 0.119. The van der Waals surface area contributed by atoms with Crippen molar-refractivity contribution < 1.29 is 4.39 Å². The minimum Gasteiger partial charge on any atom is -0.305 e. The van der Waals surface area contributed by atoms with Crippen LogP contribution in [-0.2, 0) is 0 Å². The van der Waals surface area contributed by atoms with Crippen LogP contribution in [0.1, 0.15) is 29.8 Å². The van der Waals surface area contributed by atoms with Crippen LogP contribution < -0.4 is 5.32 Å². The number of thiophene rings is 1. The molecule has 1 atom stereocenters. The lowest BCUT2D eigenvalue weighted by Crippen LogP contribution is -2.23. The average molecular weight is 407 g/mol. The van der Waals surface area contributed by atoms with Gasteiger partial charge < -0.3 is 5.32 Å². The van der Waals surface area contributed by atoms with E-state index in [9.17, 15) is 4.39 Å². The minimum atomic E-state index is -0.187. The van der Waals surface area contributed by atoms with Gasteiger partial charge in [-0.3, -0.25) is 0 Å². The number of rotatable bonds is 5. The van der Waals surface area contributed by atoms with E-state index in [0.717, 1.165) is 26.1 Å². The van der Waals surface area contributed by atoms with Gasteiger partial charge in [0.25, 0.3) is 0 Å². The second-order valence-corrected chi connectivity index (χ2v) is 7.51. The van der Waals surface area contributed by atoms with E-state index in [0.29, 0.717) is 5.56 Å². The average Bonchev–Trinajstić information content (AvgIpc) is 2.79. The van der Waals surface area contributed by atoms with Crippen molar-refractivity contribution in [1.82, 2.24) is 5.32 Å². The van der Waals surface area contributed by atoms with Crippen molar-refractivity contribution in [1.29, 1.82) is 0 Å². The van der Waals surface area contributed by atoms with Crippen LogP contribution in [0.5, 0.6) is 0 Å². The van der Waals surface area contributed by atoms with Gasteiger partial charge in [0.1, 0.15) is 5.82 Å². The molecule has 1 N–H and O–H groups in total. The molecule has 0 fully saturated rings. The lowest BCUT2D eigenvalue weighted by atomic mass is 10.0. The number of hydrogen-bond donors (Lipinski definition) is 1. The maximum Gasteiger partial charge on any atom is 0.129 e. The summed E-state index contributed by atoms with van der Waals surface area (Å²) in [5.41, 5.74) is 0.672. The number of hydrogen-bond acceptors (Lipinski definition) is 2. The largest absolute Gasteiger partial charge is 0.305 e. The first-order valence-corrected chi connectivity index (χ1v) is 8.46. The van der Waals surface area contributed by atoms with E-state index in [1.807, 2.05) is 18.2 Å². The summed E-state index contributed by atoms with van der Waals surface area (Å²) in [5, 5.41) is 3.42. The van der Waals surface area contributed by atoms with Crippen LogP contribution in [0.3, 0.4) is 0 Å². The molecule has 1 heterocycles. The van der Waals surface area contributed by atoms with Crippen LogP contribution >= 0.6 is 43.2 Å². The van der Waals surface area contributed by atoms with Crippen molar-refractivity contribution in [2.75, 3.05) is 6.54 Å². The van der Waals surface area contributed by atoms with E-state index in [1.165, 1.54) is 6.07 Å². The summed E-state index contributed by atoms with van der Waals surface area (Å²) in [6.07, 6.45) is 1.01. The Kier molecular flexibility index (Phi) is 5.57. The Morgan fingerprint density at radius 1 is 1.26 bits per heavy atom. The summed E-state index contributed by atoms with van der Waals surface area (Å²) in [7, 11) is 0. The van der Waals surface area contributed by atoms with Crippen molar-refractivity contribution in [3.05, 3.63) is 54.8 Å². The van der Waals surface area contributed by atoms with Crippen molar-refractivity contribution in [3.8, 4) is 0 Å². The van der Waals surface area contributed by atoms with Gasteiger partial charge in [-0.25, -0.2) is 4.39 Å². The Morgan fingerprint density at radius 2 is 2.05 bits per heavy atom. The predicted octanol–water partition coefficient (Wildman–Crippen LogP) is 5.50. The van der Waals surface area contributed by atoms with Gasteiger partial charge in [0.15, 0.2) is 0 Å². The molecule has 19 heavy (non-hydrogen) atoms. The van der Waals surface area contributed by atoms with Gasteiger partial charge in [-0.2, -0.15) is 0 Å². The smallest absolute Gasteiger partial charge is 0.129 e. The molecule has 2 aromatic rings. The Labute approximate surface area is 133 Å². The third-order valence-corrected chi connectivity index (χ3v) is 5.15. The summed E-state index contributed by atoms with van der Waals surface area (Å²) in [6.45, 7) is 2.95. The highest BCUT2D eigenvalue weighted by atomic mass is 79.9. The molecule has 0 amide bonds. The van der Waals surface area contributed by atoms with Crippen LogP contribution in [0.4, 0.5) is 4.39 Å². The van der Waals surface area contributed by atoms with Gasteiger partial charge in [0, 0.05) is 14.9 Å². The summed E-state index contributed by atoms with van der Waals surface area (Å²) >= 11 is 8.55. The highest BCUT2D eigenvalue weighted by molar-refractivity contribution is 9.11. The zero-order valence-corrected chi connectivity index (χ0v) is 14.4. The molecule has 5 heteroatoms. The van der Waals surface area contributed by atoms with Crippen molar-refractivity contribution in [2.24, 2.45) is 0 Å². The number of benzene rings is 1. The van der Waals surface area contributed by atoms with Gasteiger partial charge in [-0.15, -0.1) is 11.3 Å². The van der Waals surface area contributed by atoms with Gasteiger partial charge in [-0.05, 0) is 53.2 Å². The molecule has 0 saturated carbocycles. The Bertz CT molecular complexity index is 536. The molecule has 1 unspecified atom stereocenters. The maximum absolute atomic E-state index is 14.1. The fraction of sp³-hybridized carbons (Fsp3) is 0.286. The topological polar surface area (TPSA) is 12.0 Å². The van der Waals surface area contributed by atoms with Crippen LogP contribution in [0.2, 0.25) is 0 Å². The van der Waals surface area contributed by atoms with E-state index in [-0.39, 0.29) is 11.9 Å². The molecule has 102 valence electrons. The quantitative estimate of drug-likeness (QED) is 0.690. The van der Waals surface area contributed by atoms with Gasteiger partial charge in [-0.1, -0.05) is 28.9 Å². The van der Waals surface area contributed by atoms with Crippen LogP contribution in [0.15, 0.2) is 38.6 Å². The molecule has 0 aliphatic heterocycles. The van der Waals surface area contributed by atoms with Crippen molar-refractivity contribution >= 4 is 43.2 Å². The third kappa shape index (κ3) is 3.66. The lowest BCUT2D eigenvalue weighted by molar-refractivity contribution is 0.549. The molecule has 2 rings (SSSR count). The fourth-order valence-corrected chi connectivity index (χ4v) is 3.98. The molecule has 0 radical (unpaired) electrons. The zero-order chi connectivity index (χ0) is 13.8. The molecule has 0 bridgehead atoms. The van der Waals surface area contributed by atoms with E-state index in [1.54, 1.807) is 17.4 Å². The summed E-state index contributed by atoms with van der Waals surface area (Å²) in [4.78, 5) is 1.10. The highest BCUT2D eigenvalue weighted by Gasteiger charge is 2.21. The molecule has 0 aliphatic carbocycles. The third-order valence-electron chi connectivity index (χ3n) is 2.77. The van der Waals surface area contributed by atoms with E-state index in [2.05, 4.69) is 44.1 Å². The number of halogens is 3. The van der Waals surface area contributed by atoms with Crippen molar-refractivity contribution in [2.45, 2.75) is 19.4 Å². The highest BCUT2D eigenvalue weighted by Crippen LogP contribution is 2.35. The Hall–Kier alpha value is -0.230. The molecule has 1 nitrogen and oxygen atoms in total. The molecule has 0 saturated heterocycles. The predicted molar refractivity (Wildman–Crippen MR) is 86.3 cm³/mol. The van der Waals surface area contributed by atoms with E-state index >= 15 is 0 Å². The summed E-state index contributed by atoms with van der Waals surface area (Å²) < 4.78 is 16.0. The first-order valence-electron chi connectivity index (χ1n) is 6.06. The van der Waals surface area contributed by atoms with Crippen LogP contribution in [0.25, 0.3) is 0 Å². The normalized spacial score (nSPS) is 12.6. The molecule has 1 aromatic carbocycles. The van der Waals surface area contributed by atoms with E-state index in [4.69, 9.17) is 0 Å². The van der Waals surface area contributed by atoms with Gasteiger partial charge in [0.2, 0.25) is 0 Å². The standard InChI is InChI=1S/C14H14Br2FNS/c1-2-8-18-14(11-6-7-12(16)19-11)13-9(15)4-3-5-10(13)17/h3-7,14,18H,2,8H2,1H3. The summed E-state index contributed by atoms with van der Waals surface area (Å²) in [5.74, 6) is -0.187. The molecular formula is C14H14Br2FNS. The Balaban J connectivity index is 2.42. The monoisotopic (exact) mass is 405 g/mol. The second-order valence-electron chi connectivity index (χ2n) is 4.16. The molecule has 0 aliphatic rings. The van der Waals surface area contributed by atoms with Gasteiger partial charge in [0.05, 0.1) is 9.83 Å². The number of nitrogens with one attached hydrogen (secondary N) is 1. The SMILES string of the molecule is CCCNC(c1ccc(Br)s1)c1c(F)cccc1Br.